The molecule has 0 aliphatic heterocycles. The van der Waals surface area contributed by atoms with Crippen LogP contribution >= 0.6 is 22.7 Å². The molecular weight excluding hydrogens is 348 g/mol. The standard InChI is InChI=1S/C19H16N4S2/c20-21-19(17-9-5-11-25-17)18-14(12-16-8-4-10-24-16)13-23(22-18)15-6-2-1-3-7-15/h1-11,13H,12,20H2. The number of para-hydroxylation sites is 1. The van der Waals surface area contributed by atoms with E-state index in [1.165, 1.54) is 4.88 Å². The molecule has 3 heterocycles. The van der Waals surface area contributed by atoms with Gasteiger partial charge in [0.05, 0.1) is 10.6 Å². The van der Waals surface area contributed by atoms with Crippen LogP contribution in [0.5, 0.6) is 0 Å². The third-order valence-corrected chi connectivity index (χ3v) is 5.62. The van der Waals surface area contributed by atoms with Crippen molar-refractivity contribution in [2.24, 2.45) is 10.9 Å². The van der Waals surface area contributed by atoms with Gasteiger partial charge in [0.1, 0.15) is 11.4 Å². The van der Waals surface area contributed by atoms with Gasteiger partial charge in [-0.15, -0.1) is 22.7 Å². The van der Waals surface area contributed by atoms with E-state index in [1.54, 1.807) is 22.7 Å². The van der Waals surface area contributed by atoms with Gasteiger partial charge in [0.2, 0.25) is 0 Å². The quantitative estimate of drug-likeness (QED) is 0.326. The normalized spacial score (nSPS) is 11.8. The first-order valence-electron chi connectivity index (χ1n) is 7.83. The highest BCUT2D eigenvalue weighted by molar-refractivity contribution is 7.12. The van der Waals surface area contributed by atoms with Crippen molar-refractivity contribution in [3.05, 3.63) is 92.6 Å². The zero-order valence-electron chi connectivity index (χ0n) is 13.4. The van der Waals surface area contributed by atoms with Crippen molar-refractivity contribution in [2.45, 2.75) is 6.42 Å². The van der Waals surface area contributed by atoms with Gasteiger partial charge in [-0.05, 0) is 35.0 Å². The average molecular weight is 364 g/mol. The molecule has 0 fully saturated rings. The van der Waals surface area contributed by atoms with E-state index in [4.69, 9.17) is 10.9 Å². The van der Waals surface area contributed by atoms with Gasteiger partial charge >= 0.3 is 0 Å². The number of thiophene rings is 2. The maximum atomic E-state index is 5.73. The molecule has 0 radical (unpaired) electrons. The molecule has 1 aromatic carbocycles. The van der Waals surface area contributed by atoms with Crippen molar-refractivity contribution in [1.29, 1.82) is 0 Å². The van der Waals surface area contributed by atoms with E-state index in [-0.39, 0.29) is 0 Å². The Kier molecular flexibility index (Phi) is 4.45. The van der Waals surface area contributed by atoms with Crippen LogP contribution in [-0.4, -0.2) is 15.5 Å². The molecule has 3 aromatic heterocycles. The fourth-order valence-electron chi connectivity index (χ4n) is 2.71. The summed E-state index contributed by atoms with van der Waals surface area (Å²) in [5.74, 6) is 5.73. The van der Waals surface area contributed by atoms with Crippen LogP contribution in [-0.2, 0) is 6.42 Å². The van der Waals surface area contributed by atoms with E-state index in [0.717, 1.165) is 34.0 Å². The highest BCUT2D eigenvalue weighted by atomic mass is 32.1. The lowest BCUT2D eigenvalue weighted by molar-refractivity contribution is 0.875. The van der Waals surface area contributed by atoms with E-state index >= 15 is 0 Å². The number of nitrogens with two attached hydrogens (primary N) is 1. The Bertz CT molecular complexity index is 968. The van der Waals surface area contributed by atoms with Gasteiger partial charge in [0, 0.05) is 23.1 Å². The topological polar surface area (TPSA) is 56.2 Å². The van der Waals surface area contributed by atoms with Gasteiger partial charge in [0.15, 0.2) is 0 Å². The van der Waals surface area contributed by atoms with Gasteiger partial charge in [0.25, 0.3) is 0 Å². The third kappa shape index (κ3) is 3.26. The summed E-state index contributed by atoms with van der Waals surface area (Å²) in [5.41, 5.74) is 3.70. The van der Waals surface area contributed by atoms with Gasteiger partial charge in [-0.2, -0.15) is 10.2 Å². The van der Waals surface area contributed by atoms with Gasteiger partial charge in [-0.3, -0.25) is 0 Å². The van der Waals surface area contributed by atoms with Crippen LogP contribution in [0.25, 0.3) is 5.69 Å². The Morgan fingerprint density at radius 2 is 1.80 bits per heavy atom. The molecule has 0 aliphatic rings. The summed E-state index contributed by atoms with van der Waals surface area (Å²) in [6, 6.07) is 18.3. The lowest BCUT2D eigenvalue weighted by Gasteiger charge is -2.02. The molecule has 4 rings (SSSR count). The zero-order chi connectivity index (χ0) is 17.1. The number of hydrazone groups is 1. The van der Waals surface area contributed by atoms with Crippen LogP contribution < -0.4 is 5.84 Å². The predicted molar refractivity (Wildman–Crippen MR) is 105 cm³/mol. The van der Waals surface area contributed by atoms with Crippen molar-refractivity contribution in [2.75, 3.05) is 0 Å². The number of aromatic nitrogens is 2. The molecule has 0 saturated heterocycles. The molecule has 2 N–H and O–H groups in total. The van der Waals surface area contributed by atoms with Crippen LogP contribution in [0.3, 0.4) is 0 Å². The van der Waals surface area contributed by atoms with Crippen molar-refractivity contribution in [3.8, 4) is 5.69 Å². The molecule has 0 atom stereocenters. The molecule has 124 valence electrons. The van der Waals surface area contributed by atoms with E-state index in [9.17, 15) is 0 Å². The highest BCUT2D eigenvalue weighted by Crippen LogP contribution is 2.23. The van der Waals surface area contributed by atoms with E-state index in [2.05, 4.69) is 28.8 Å². The summed E-state index contributed by atoms with van der Waals surface area (Å²) < 4.78 is 1.90. The first-order valence-corrected chi connectivity index (χ1v) is 9.59. The molecule has 0 aliphatic carbocycles. The van der Waals surface area contributed by atoms with Crippen LogP contribution in [0.1, 0.15) is 21.0 Å². The highest BCUT2D eigenvalue weighted by Gasteiger charge is 2.19. The van der Waals surface area contributed by atoms with E-state index in [1.807, 2.05) is 52.5 Å². The molecule has 0 spiro atoms. The second-order valence-corrected chi connectivity index (χ2v) is 7.47. The van der Waals surface area contributed by atoms with Crippen LogP contribution in [0.15, 0.2) is 76.7 Å². The number of nitrogens with zero attached hydrogens (tertiary/aromatic N) is 3. The minimum atomic E-state index is 0.733. The summed E-state index contributed by atoms with van der Waals surface area (Å²) in [6.45, 7) is 0. The molecule has 0 amide bonds. The monoisotopic (exact) mass is 364 g/mol. The number of hydrogen-bond donors (Lipinski definition) is 1. The van der Waals surface area contributed by atoms with E-state index in [0.29, 0.717) is 0 Å². The summed E-state index contributed by atoms with van der Waals surface area (Å²) in [7, 11) is 0. The van der Waals surface area contributed by atoms with Gasteiger partial charge in [-0.1, -0.05) is 30.3 Å². The Morgan fingerprint density at radius 1 is 1.00 bits per heavy atom. The third-order valence-electron chi connectivity index (χ3n) is 3.86. The Hall–Kier alpha value is -2.70. The summed E-state index contributed by atoms with van der Waals surface area (Å²) in [4.78, 5) is 2.31. The number of benzene rings is 1. The van der Waals surface area contributed by atoms with E-state index < -0.39 is 0 Å². The minimum absolute atomic E-state index is 0.733. The average Bonchev–Trinajstić information content (AvgIpc) is 3.40. The fraction of sp³-hybridized carbons (Fsp3) is 0.0526. The van der Waals surface area contributed by atoms with Crippen LogP contribution in [0, 0.1) is 0 Å². The molecule has 4 nitrogen and oxygen atoms in total. The van der Waals surface area contributed by atoms with Crippen molar-refractivity contribution < 1.29 is 0 Å². The van der Waals surface area contributed by atoms with Crippen molar-refractivity contribution in [1.82, 2.24) is 9.78 Å². The molecule has 25 heavy (non-hydrogen) atoms. The summed E-state index contributed by atoms with van der Waals surface area (Å²) in [6.07, 6.45) is 2.88. The smallest absolute Gasteiger partial charge is 0.128 e. The second-order valence-electron chi connectivity index (χ2n) is 5.49. The first kappa shape index (κ1) is 15.8. The zero-order valence-corrected chi connectivity index (χ0v) is 15.0. The fourth-order valence-corrected chi connectivity index (χ4v) is 4.16. The molecule has 6 heteroatoms. The second kappa shape index (κ2) is 7.04. The lowest BCUT2D eigenvalue weighted by Crippen LogP contribution is -2.09. The number of rotatable bonds is 5. The van der Waals surface area contributed by atoms with Crippen LogP contribution in [0.4, 0.5) is 0 Å². The molecule has 4 aromatic rings. The maximum Gasteiger partial charge on any atom is 0.128 e. The summed E-state index contributed by atoms with van der Waals surface area (Å²) >= 11 is 3.36. The maximum absolute atomic E-state index is 5.73. The first-order chi connectivity index (χ1) is 12.3. The summed E-state index contributed by atoms with van der Waals surface area (Å²) in [5, 5.41) is 13.0. The molecule has 0 saturated carbocycles. The molecule has 0 unspecified atom stereocenters. The Labute approximate surface area is 153 Å². The largest absolute Gasteiger partial charge is 0.323 e. The Balaban J connectivity index is 1.82. The number of hydrogen-bond acceptors (Lipinski definition) is 5. The van der Waals surface area contributed by atoms with Crippen molar-refractivity contribution >= 4 is 28.4 Å². The van der Waals surface area contributed by atoms with Crippen molar-refractivity contribution in [3.63, 3.8) is 0 Å². The SMILES string of the molecule is NN=C(c1cccs1)c1nn(-c2ccccc2)cc1Cc1cccs1. The van der Waals surface area contributed by atoms with Crippen LogP contribution in [0.2, 0.25) is 0 Å². The molecular formula is C19H16N4S2. The predicted octanol–water partition coefficient (Wildman–Crippen LogP) is 4.30. The lowest BCUT2D eigenvalue weighted by atomic mass is 10.1. The molecule has 0 bridgehead atoms. The van der Waals surface area contributed by atoms with Gasteiger partial charge in [-0.25, -0.2) is 4.68 Å². The van der Waals surface area contributed by atoms with Gasteiger partial charge < -0.3 is 5.84 Å². The Morgan fingerprint density at radius 3 is 2.48 bits per heavy atom. The minimum Gasteiger partial charge on any atom is -0.323 e.